The molecule has 1 heterocycles. The maximum Gasteiger partial charge on any atom is 0.143 e. The summed E-state index contributed by atoms with van der Waals surface area (Å²) in [7, 11) is 1.82. The lowest BCUT2D eigenvalue weighted by Crippen LogP contribution is -2.00. The third-order valence-corrected chi connectivity index (χ3v) is 2.31. The first-order valence-electron chi connectivity index (χ1n) is 5.00. The molecule has 0 unspecified atom stereocenters. The molecule has 0 spiro atoms. The third kappa shape index (κ3) is 2.13. The molecule has 2 aromatic rings. The number of hydrogen-bond acceptors (Lipinski definition) is 4. The molecule has 0 aliphatic carbocycles. The van der Waals surface area contributed by atoms with Crippen LogP contribution in [0.1, 0.15) is 11.3 Å². The maximum atomic E-state index is 5.89. The topological polar surface area (TPSA) is 66.0 Å². The van der Waals surface area contributed by atoms with Gasteiger partial charge in [0.15, 0.2) is 0 Å². The van der Waals surface area contributed by atoms with E-state index in [1.807, 2.05) is 38.4 Å². The highest BCUT2D eigenvalue weighted by Crippen LogP contribution is 2.24. The molecule has 2 rings (SSSR count). The van der Waals surface area contributed by atoms with E-state index < -0.39 is 0 Å². The van der Waals surface area contributed by atoms with Crippen LogP contribution in [-0.4, -0.2) is 15.0 Å². The van der Waals surface area contributed by atoms with Crippen molar-refractivity contribution in [2.24, 2.45) is 7.05 Å². The van der Waals surface area contributed by atoms with Crippen molar-refractivity contribution in [2.45, 2.75) is 13.5 Å². The second kappa shape index (κ2) is 4.22. The zero-order valence-electron chi connectivity index (χ0n) is 9.34. The summed E-state index contributed by atoms with van der Waals surface area (Å²) in [6.07, 6.45) is 1.81. The number of benzene rings is 1. The summed E-state index contributed by atoms with van der Waals surface area (Å²) >= 11 is 0. The summed E-state index contributed by atoms with van der Waals surface area (Å²) in [5.41, 5.74) is 8.35. The predicted molar refractivity (Wildman–Crippen MR) is 60.9 cm³/mol. The first-order chi connectivity index (χ1) is 7.66. The van der Waals surface area contributed by atoms with Gasteiger partial charge in [0.05, 0.1) is 11.9 Å². The summed E-state index contributed by atoms with van der Waals surface area (Å²) in [5.74, 6) is 0.686. The van der Waals surface area contributed by atoms with Crippen LogP contribution in [0.3, 0.4) is 0 Å². The lowest BCUT2D eigenvalue weighted by Gasteiger charge is -2.08. The normalized spacial score (nSPS) is 10.4. The molecule has 0 fully saturated rings. The van der Waals surface area contributed by atoms with Gasteiger partial charge in [0, 0.05) is 7.05 Å². The number of aryl methyl sites for hydroxylation is 2. The van der Waals surface area contributed by atoms with Gasteiger partial charge in [0.2, 0.25) is 0 Å². The van der Waals surface area contributed by atoms with Crippen molar-refractivity contribution in [3.8, 4) is 5.75 Å². The van der Waals surface area contributed by atoms with Crippen molar-refractivity contribution in [3.63, 3.8) is 0 Å². The number of nitrogens with two attached hydrogens (primary N) is 1. The lowest BCUT2D eigenvalue weighted by molar-refractivity contribution is 0.302. The van der Waals surface area contributed by atoms with E-state index in [2.05, 4.69) is 10.3 Å². The van der Waals surface area contributed by atoms with Gasteiger partial charge >= 0.3 is 0 Å². The molecule has 16 heavy (non-hydrogen) atoms. The molecular weight excluding hydrogens is 204 g/mol. The van der Waals surface area contributed by atoms with Crippen LogP contribution in [-0.2, 0) is 13.7 Å². The third-order valence-electron chi connectivity index (χ3n) is 2.31. The van der Waals surface area contributed by atoms with Gasteiger partial charge in [-0.2, -0.15) is 0 Å². The van der Waals surface area contributed by atoms with E-state index in [0.29, 0.717) is 18.0 Å². The van der Waals surface area contributed by atoms with E-state index in [-0.39, 0.29) is 0 Å². The van der Waals surface area contributed by atoms with Crippen LogP contribution < -0.4 is 10.5 Å². The minimum absolute atomic E-state index is 0.376. The average Bonchev–Trinajstić information content (AvgIpc) is 2.67. The fourth-order valence-corrected chi connectivity index (χ4v) is 1.39. The SMILES string of the molecule is Cc1cccc(OCc2cn(C)nn2)c1N. The molecule has 5 heteroatoms. The first-order valence-corrected chi connectivity index (χ1v) is 5.00. The molecule has 84 valence electrons. The Hall–Kier alpha value is -2.04. The standard InChI is InChI=1S/C11H14N4O/c1-8-4-3-5-10(11(8)12)16-7-9-6-15(2)14-13-9/h3-6H,7,12H2,1-2H3. The van der Waals surface area contributed by atoms with E-state index in [9.17, 15) is 0 Å². The summed E-state index contributed by atoms with van der Waals surface area (Å²) in [6.45, 7) is 2.33. The number of aromatic nitrogens is 3. The number of ether oxygens (including phenoxy) is 1. The van der Waals surface area contributed by atoms with Crippen molar-refractivity contribution in [1.29, 1.82) is 0 Å². The molecule has 0 saturated carbocycles. The van der Waals surface area contributed by atoms with Crippen LogP contribution >= 0.6 is 0 Å². The minimum atomic E-state index is 0.376. The second-order valence-corrected chi connectivity index (χ2v) is 3.66. The molecule has 0 aliphatic rings. The lowest BCUT2D eigenvalue weighted by atomic mass is 10.2. The van der Waals surface area contributed by atoms with Crippen molar-refractivity contribution >= 4 is 5.69 Å². The Morgan fingerprint density at radius 2 is 2.25 bits per heavy atom. The minimum Gasteiger partial charge on any atom is -0.485 e. The number of hydrogen-bond donors (Lipinski definition) is 1. The highest BCUT2D eigenvalue weighted by Gasteiger charge is 2.04. The number of anilines is 1. The van der Waals surface area contributed by atoms with Gasteiger partial charge < -0.3 is 10.5 Å². The maximum absolute atomic E-state index is 5.89. The van der Waals surface area contributed by atoms with Crippen LogP contribution in [0.25, 0.3) is 0 Å². The Morgan fingerprint density at radius 3 is 2.94 bits per heavy atom. The largest absolute Gasteiger partial charge is 0.485 e. The van der Waals surface area contributed by atoms with Crippen molar-refractivity contribution in [2.75, 3.05) is 5.73 Å². The summed E-state index contributed by atoms with van der Waals surface area (Å²) < 4.78 is 7.21. The Labute approximate surface area is 93.8 Å². The Morgan fingerprint density at radius 1 is 1.44 bits per heavy atom. The molecule has 1 aromatic carbocycles. The number of rotatable bonds is 3. The number of nitrogen functional groups attached to an aromatic ring is 1. The van der Waals surface area contributed by atoms with Crippen molar-refractivity contribution in [1.82, 2.24) is 15.0 Å². The van der Waals surface area contributed by atoms with Crippen molar-refractivity contribution < 1.29 is 4.74 Å². The quantitative estimate of drug-likeness (QED) is 0.788. The first kappa shape index (κ1) is 10.5. The molecule has 1 aromatic heterocycles. The average molecular weight is 218 g/mol. The molecule has 0 bridgehead atoms. The molecule has 5 nitrogen and oxygen atoms in total. The molecular formula is C11H14N4O. The fourth-order valence-electron chi connectivity index (χ4n) is 1.39. The van der Waals surface area contributed by atoms with Crippen LogP contribution in [0.5, 0.6) is 5.75 Å². The summed E-state index contributed by atoms with van der Waals surface area (Å²) in [6, 6.07) is 5.71. The Kier molecular flexibility index (Phi) is 2.76. The van der Waals surface area contributed by atoms with Gasteiger partial charge in [-0.3, -0.25) is 4.68 Å². The second-order valence-electron chi connectivity index (χ2n) is 3.66. The van der Waals surface area contributed by atoms with Crippen LogP contribution in [0.15, 0.2) is 24.4 Å². The number of nitrogens with zero attached hydrogens (tertiary/aromatic N) is 3. The molecule has 0 atom stereocenters. The van der Waals surface area contributed by atoms with E-state index >= 15 is 0 Å². The highest BCUT2D eigenvalue weighted by atomic mass is 16.5. The molecule has 0 amide bonds. The summed E-state index contributed by atoms with van der Waals surface area (Å²) in [4.78, 5) is 0. The fraction of sp³-hybridized carbons (Fsp3) is 0.273. The monoisotopic (exact) mass is 218 g/mol. The van der Waals surface area contributed by atoms with Crippen LogP contribution in [0, 0.1) is 6.92 Å². The molecule has 0 saturated heterocycles. The van der Waals surface area contributed by atoms with Gasteiger partial charge in [-0.05, 0) is 18.6 Å². The number of para-hydroxylation sites is 1. The van der Waals surface area contributed by atoms with Crippen LogP contribution in [0.2, 0.25) is 0 Å². The molecule has 0 aliphatic heterocycles. The van der Waals surface area contributed by atoms with E-state index in [0.717, 1.165) is 11.3 Å². The Balaban J connectivity index is 2.07. The van der Waals surface area contributed by atoms with Crippen molar-refractivity contribution in [3.05, 3.63) is 35.7 Å². The van der Waals surface area contributed by atoms with E-state index in [4.69, 9.17) is 10.5 Å². The van der Waals surface area contributed by atoms with E-state index in [1.165, 1.54) is 0 Å². The smallest absolute Gasteiger partial charge is 0.143 e. The van der Waals surface area contributed by atoms with Gasteiger partial charge in [0.25, 0.3) is 0 Å². The predicted octanol–water partition coefficient (Wildman–Crippen LogP) is 1.28. The zero-order chi connectivity index (χ0) is 11.5. The zero-order valence-corrected chi connectivity index (χ0v) is 9.34. The summed E-state index contributed by atoms with van der Waals surface area (Å²) in [5, 5.41) is 7.75. The molecule has 0 radical (unpaired) electrons. The van der Waals surface area contributed by atoms with Gasteiger partial charge in [-0.25, -0.2) is 0 Å². The highest BCUT2D eigenvalue weighted by molar-refractivity contribution is 5.57. The Bertz CT molecular complexity index is 492. The van der Waals surface area contributed by atoms with Gasteiger partial charge in [0.1, 0.15) is 18.1 Å². The van der Waals surface area contributed by atoms with E-state index in [1.54, 1.807) is 4.68 Å². The van der Waals surface area contributed by atoms with Crippen LogP contribution in [0.4, 0.5) is 5.69 Å². The molecule has 2 N–H and O–H groups in total. The van der Waals surface area contributed by atoms with Gasteiger partial charge in [-0.1, -0.05) is 17.3 Å². The van der Waals surface area contributed by atoms with Gasteiger partial charge in [-0.15, -0.1) is 5.10 Å².